The lowest BCUT2D eigenvalue weighted by atomic mass is 10.0. The quantitative estimate of drug-likeness (QED) is 0.452. The number of rotatable bonds is 6. The highest BCUT2D eigenvalue weighted by Crippen LogP contribution is 2.36. The van der Waals surface area contributed by atoms with Crippen LogP contribution < -0.4 is 20.3 Å². The van der Waals surface area contributed by atoms with E-state index in [1.165, 1.54) is 28.5 Å². The summed E-state index contributed by atoms with van der Waals surface area (Å²) in [5, 5.41) is 6.21. The number of likely N-dealkylation sites (tertiary alicyclic amines) is 1. The molecule has 3 aromatic rings. The molecule has 0 spiro atoms. The summed E-state index contributed by atoms with van der Waals surface area (Å²) < 4.78 is 20.5. The number of carbonyl (C=O) groups excluding carboxylic acids is 2. The molecule has 1 aliphatic carbocycles. The first-order chi connectivity index (χ1) is 19.8. The van der Waals surface area contributed by atoms with Crippen molar-refractivity contribution in [1.82, 2.24) is 30.1 Å². The Balaban J connectivity index is 1.05. The number of urea groups is 1. The zero-order chi connectivity index (χ0) is 28.5. The van der Waals surface area contributed by atoms with Gasteiger partial charge in [-0.25, -0.2) is 23.9 Å². The predicted octanol–water partition coefficient (Wildman–Crippen LogP) is 3.86. The van der Waals surface area contributed by atoms with Gasteiger partial charge in [0.25, 0.3) is 0 Å². The Kier molecular flexibility index (Phi) is 7.71. The van der Waals surface area contributed by atoms with Gasteiger partial charge in [0.15, 0.2) is 5.13 Å². The van der Waals surface area contributed by atoms with Gasteiger partial charge in [-0.15, -0.1) is 0 Å². The number of ether oxygens (including phenoxy) is 1. The van der Waals surface area contributed by atoms with Gasteiger partial charge < -0.3 is 24.8 Å². The number of carbonyl (C=O) groups is 2. The average molecular weight is 581 g/mol. The highest BCUT2D eigenvalue weighted by Gasteiger charge is 2.43. The number of likely N-dealkylation sites (N-methyl/N-ethyl adjacent to an activating group) is 1. The Morgan fingerprint density at radius 1 is 1.15 bits per heavy atom. The fraction of sp³-hybridized carbons (Fsp3) is 0.464. The van der Waals surface area contributed by atoms with Crippen LogP contribution in [0, 0.1) is 5.92 Å². The van der Waals surface area contributed by atoms with Gasteiger partial charge >= 0.3 is 12.1 Å². The topological polar surface area (TPSA) is 116 Å². The number of fused-ring (bicyclic) bond motifs is 2. The van der Waals surface area contributed by atoms with Crippen LogP contribution in [-0.2, 0) is 0 Å². The molecule has 11 nitrogen and oxygen atoms in total. The molecule has 13 heteroatoms. The fourth-order valence-corrected chi connectivity index (χ4v) is 6.83. The normalized spacial score (nSPS) is 25.6. The van der Waals surface area contributed by atoms with Crippen LogP contribution in [-0.4, -0.2) is 94.9 Å². The first kappa shape index (κ1) is 27.3. The van der Waals surface area contributed by atoms with Crippen LogP contribution >= 0.6 is 11.3 Å². The SMILES string of the molecule is CN1C[C@@H]2C[C@H]1C[C@H]2NC(=O)Oc1ccnc(N2CC[C@@H](F)[C@@H](N(C)C(=O)Nc3ncc(-c4ccccc4)s3)C2)n1. The molecule has 0 radical (unpaired) electrons. The molecule has 3 fully saturated rings. The van der Waals surface area contributed by atoms with Crippen molar-refractivity contribution in [2.24, 2.45) is 5.92 Å². The van der Waals surface area contributed by atoms with E-state index < -0.39 is 24.3 Å². The zero-order valence-electron chi connectivity index (χ0n) is 22.9. The molecule has 1 aromatic carbocycles. The molecular formula is C28H33FN8O3S. The fourth-order valence-electron chi connectivity index (χ4n) is 6.02. The number of nitrogens with one attached hydrogen (secondary N) is 2. The minimum Gasteiger partial charge on any atom is -0.391 e. The van der Waals surface area contributed by atoms with Crippen LogP contribution in [0.25, 0.3) is 10.4 Å². The largest absolute Gasteiger partial charge is 0.414 e. The Labute approximate surface area is 241 Å². The third-order valence-electron chi connectivity index (χ3n) is 8.31. The maximum atomic E-state index is 15.1. The van der Waals surface area contributed by atoms with Crippen molar-refractivity contribution >= 4 is 34.5 Å². The summed E-state index contributed by atoms with van der Waals surface area (Å²) in [6.45, 7) is 1.53. The second kappa shape index (κ2) is 11.6. The molecular weight excluding hydrogens is 547 g/mol. The molecule has 3 aliphatic rings. The van der Waals surface area contributed by atoms with Crippen molar-refractivity contribution in [3.63, 3.8) is 0 Å². The third-order valence-corrected chi connectivity index (χ3v) is 9.27. The van der Waals surface area contributed by atoms with Crippen molar-refractivity contribution in [3.05, 3.63) is 48.8 Å². The smallest absolute Gasteiger partial charge is 0.391 e. The van der Waals surface area contributed by atoms with Crippen LogP contribution in [0.4, 0.5) is 25.1 Å². The summed E-state index contributed by atoms with van der Waals surface area (Å²) >= 11 is 1.35. The summed E-state index contributed by atoms with van der Waals surface area (Å²) in [6, 6.07) is 10.7. The van der Waals surface area contributed by atoms with Crippen LogP contribution in [0.2, 0.25) is 0 Å². The predicted molar refractivity (Wildman–Crippen MR) is 154 cm³/mol. The number of piperidine rings is 2. The minimum absolute atomic E-state index is 0.102. The van der Waals surface area contributed by atoms with Crippen molar-refractivity contribution in [2.45, 2.75) is 43.6 Å². The van der Waals surface area contributed by atoms with Gasteiger partial charge in [-0.3, -0.25) is 5.32 Å². The molecule has 2 N–H and O–H groups in total. The van der Waals surface area contributed by atoms with Crippen molar-refractivity contribution in [2.75, 3.05) is 43.9 Å². The molecule has 1 saturated carbocycles. The molecule has 2 aromatic heterocycles. The summed E-state index contributed by atoms with van der Waals surface area (Å²) in [5.41, 5.74) is 1.01. The van der Waals surface area contributed by atoms with E-state index in [2.05, 4.69) is 37.5 Å². The standard InChI is InChI=1S/C28H33FN8O3S/c1-35-15-18-12-19(35)13-21(18)32-28(39)40-24-8-10-30-25(33-24)37-11-9-20(29)22(16-37)36(2)27(38)34-26-31-14-23(41-26)17-6-4-3-5-7-17/h3-8,10,14,18-22H,9,11-13,15-16H2,1-2H3,(H,32,39)(H,31,34,38)/t18-,19-,20+,21+,22-/m0/s1. The summed E-state index contributed by atoms with van der Waals surface area (Å²) in [6.07, 6.45) is 3.67. The van der Waals surface area contributed by atoms with Gasteiger partial charge in [-0.2, -0.15) is 4.98 Å². The second-order valence-corrected chi connectivity index (χ2v) is 11.9. The van der Waals surface area contributed by atoms with Crippen LogP contribution in [0.15, 0.2) is 48.8 Å². The van der Waals surface area contributed by atoms with E-state index in [9.17, 15) is 9.59 Å². The van der Waals surface area contributed by atoms with Crippen molar-refractivity contribution in [1.29, 1.82) is 0 Å². The van der Waals surface area contributed by atoms with E-state index in [4.69, 9.17) is 4.74 Å². The molecule has 41 heavy (non-hydrogen) atoms. The zero-order valence-corrected chi connectivity index (χ0v) is 23.8. The number of benzene rings is 1. The van der Waals surface area contributed by atoms with E-state index in [0.717, 1.165) is 29.8 Å². The maximum absolute atomic E-state index is 15.1. The highest BCUT2D eigenvalue weighted by atomic mass is 32.1. The van der Waals surface area contributed by atoms with Crippen LogP contribution in [0.5, 0.6) is 5.88 Å². The van der Waals surface area contributed by atoms with E-state index in [-0.39, 0.29) is 24.9 Å². The number of hydrogen-bond acceptors (Lipinski definition) is 9. The Bertz CT molecular complexity index is 1390. The number of aromatic nitrogens is 3. The van der Waals surface area contributed by atoms with Gasteiger partial charge in [0.1, 0.15) is 6.17 Å². The number of hydrogen-bond donors (Lipinski definition) is 2. The molecule has 2 saturated heterocycles. The lowest BCUT2D eigenvalue weighted by molar-refractivity contribution is 0.133. The molecule has 6 rings (SSSR count). The first-order valence-electron chi connectivity index (χ1n) is 13.8. The van der Waals surface area contributed by atoms with Gasteiger partial charge in [-0.1, -0.05) is 41.7 Å². The summed E-state index contributed by atoms with van der Waals surface area (Å²) in [5.74, 6) is 0.874. The summed E-state index contributed by atoms with van der Waals surface area (Å²) in [4.78, 5) is 45.1. The van der Waals surface area contributed by atoms with Gasteiger partial charge in [0, 0.05) is 57.2 Å². The number of alkyl halides is 1. The lowest BCUT2D eigenvalue weighted by Gasteiger charge is -2.39. The lowest BCUT2D eigenvalue weighted by Crippen LogP contribution is -2.55. The molecule has 0 unspecified atom stereocenters. The maximum Gasteiger partial charge on any atom is 0.414 e. The first-order valence-corrected chi connectivity index (χ1v) is 14.6. The minimum atomic E-state index is -1.22. The molecule has 5 atom stereocenters. The van der Waals surface area contributed by atoms with Crippen LogP contribution in [0.3, 0.4) is 0 Å². The van der Waals surface area contributed by atoms with Crippen LogP contribution in [0.1, 0.15) is 19.3 Å². The van der Waals surface area contributed by atoms with Gasteiger partial charge in [-0.05, 0) is 37.8 Å². The van der Waals surface area contributed by atoms with Gasteiger partial charge in [0.2, 0.25) is 11.8 Å². The summed E-state index contributed by atoms with van der Waals surface area (Å²) in [7, 11) is 3.69. The monoisotopic (exact) mass is 580 g/mol. The molecule has 216 valence electrons. The highest BCUT2D eigenvalue weighted by molar-refractivity contribution is 7.19. The van der Waals surface area contributed by atoms with E-state index in [0.29, 0.717) is 29.6 Å². The van der Waals surface area contributed by atoms with E-state index in [1.54, 1.807) is 18.1 Å². The van der Waals surface area contributed by atoms with Crippen molar-refractivity contribution in [3.8, 4) is 16.3 Å². The average Bonchev–Trinajstić information content (AvgIpc) is 3.69. The Morgan fingerprint density at radius 2 is 1.98 bits per heavy atom. The number of thiazole rings is 1. The molecule has 2 aliphatic heterocycles. The Hall–Kier alpha value is -3.84. The Morgan fingerprint density at radius 3 is 2.73 bits per heavy atom. The van der Waals surface area contributed by atoms with Crippen molar-refractivity contribution < 1.29 is 18.7 Å². The number of halogens is 1. The van der Waals surface area contributed by atoms with Gasteiger partial charge in [0.05, 0.1) is 10.9 Å². The number of nitrogens with zero attached hydrogens (tertiary/aromatic N) is 6. The van der Waals surface area contributed by atoms with E-state index in [1.807, 2.05) is 30.3 Å². The number of anilines is 2. The molecule has 3 amide bonds. The molecule has 4 heterocycles. The second-order valence-electron chi connectivity index (χ2n) is 10.9. The molecule has 2 bridgehead atoms. The number of amides is 3. The van der Waals surface area contributed by atoms with E-state index >= 15 is 4.39 Å². The third kappa shape index (κ3) is 5.96.